The highest BCUT2D eigenvalue weighted by Gasteiger charge is 2.18. The van der Waals surface area contributed by atoms with Crippen molar-refractivity contribution in [3.8, 4) is 5.75 Å². The lowest BCUT2D eigenvalue weighted by molar-refractivity contribution is -0.114. The number of nitrogens with zero attached hydrogens (tertiary/aromatic N) is 1. The van der Waals surface area contributed by atoms with Crippen LogP contribution in [0.1, 0.15) is 29.2 Å². The molecule has 0 saturated carbocycles. The average Bonchev–Trinajstić information content (AvgIpc) is 2.59. The number of carbonyl (C=O) groups is 1. The fraction of sp³-hybridized carbons (Fsp3) is 0.300. The first kappa shape index (κ1) is 18.5. The Labute approximate surface area is 148 Å². The molecule has 0 aliphatic heterocycles. The third-order valence-corrected chi connectivity index (χ3v) is 3.72. The van der Waals surface area contributed by atoms with Crippen LogP contribution in [0.15, 0.2) is 47.6 Å². The van der Waals surface area contributed by atoms with Crippen LogP contribution in [0, 0.1) is 13.8 Å². The summed E-state index contributed by atoms with van der Waals surface area (Å²) in [6.07, 6.45) is 0. The number of benzene rings is 2. The van der Waals surface area contributed by atoms with Gasteiger partial charge in [0.05, 0.1) is 0 Å². The summed E-state index contributed by atoms with van der Waals surface area (Å²) in [5.74, 6) is 0.548. The number of amides is 1. The van der Waals surface area contributed by atoms with Crippen LogP contribution >= 0.6 is 0 Å². The number of rotatable bonds is 7. The summed E-state index contributed by atoms with van der Waals surface area (Å²) in [5, 5.41) is 6.66. The zero-order chi connectivity index (χ0) is 18.2. The molecule has 0 unspecified atom stereocenters. The van der Waals surface area contributed by atoms with Crippen molar-refractivity contribution in [2.75, 3.05) is 13.7 Å². The van der Waals surface area contributed by atoms with E-state index in [0.29, 0.717) is 18.7 Å². The van der Waals surface area contributed by atoms with E-state index in [-0.39, 0.29) is 11.6 Å². The van der Waals surface area contributed by atoms with Crippen LogP contribution in [0.5, 0.6) is 5.75 Å². The van der Waals surface area contributed by atoms with Crippen LogP contribution in [0.3, 0.4) is 0 Å². The Hall–Kier alpha value is -2.82. The van der Waals surface area contributed by atoms with Gasteiger partial charge in [-0.05, 0) is 38.0 Å². The summed E-state index contributed by atoms with van der Waals surface area (Å²) < 4.78 is 5.96. The lowest BCUT2D eigenvalue weighted by Crippen LogP contribution is -2.32. The molecule has 2 rings (SSSR count). The lowest BCUT2D eigenvalue weighted by Gasteiger charge is -2.14. The van der Waals surface area contributed by atoms with E-state index in [2.05, 4.69) is 16.5 Å². The van der Waals surface area contributed by atoms with Gasteiger partial charge < -0.3 is 14.9 Å². The van der Waals surface area contributed by atoms with Crippen molar-refractivity contribution >= 4 is 11.6 Å². The molecule has 0 atom stereocenters. The number of nitrogens with one attached hydrogen (secondary N) is 1. The van der Waals surface area contributed by atoms with E-state index in [0.717, 1.165) is 16.9 Å². The van der Waals surface area contributed by atoms with Gasteiger partial charge in [0, 0.05) is 12.1 Å². The first-order chi connectivity index (χ1) is 12.1. The van der Waals surface area contributed by atoms with Gasteiger partial charge >= 0.3 is 0 Å². The Morgan fingerprint density at radius 2 is 1.92 bits per heavy atom. The molecule has 0 fully saturated rings. The topological polar surface area (TPSA) is 59.9 Å². The maximum absolute atomic E-state index is 12.3. The van der Waals surface area contributed by atoms with E-state index in [1.807, 2.05) is 57.2 Å². The summed E-state index contributed by atoms with van der Waals surface area (Å²) in [7, 11) is 1.42. The van der Waals surface area contributed by atoms with E-state index in [1.165, 1.54) is 12.7 Å². The quantitative estimate of drug-likeness (QED) is 0.621. The predicted octanol–water partition coefficient (Wildman–Crippen LogP) is 3.37. The highest BCUT2D eigenvalue weighted by atomic mass is 16.6. The van der Waals surface area contributed by atoms with Crippen molar-refractivity contribution < 1.29 is 14.4 Å². The van der Waals surface area contributed by atoms with Crippen LogP contribution in [0.25, 0.3) is 0 Å². The largest absolute Gasteiger partial charge is 0.489 e. The second kappa shape index (κ2) is 8.87. The molecule has 1 N–H and O–H groups in total. The third-order valence-electron chi connectivity index (χ3n) is 3.72. The summed E-state index contributed by atoms with van der Waals surface area (Å²) in [6.45, 7) is 6.77. The molecule has 5 nitrogen and oxygen atoms in total. The molecule has 0 aliphatic carbocycles. The van der Waals surface area contributed by atoms with Gasteiger partial charge in [-0.1, -0.05) is 47.1 Å². The van der Waals surface area contributed by atoms with E-state index < -0.39 is 0 Å². The molecule has 0 spiro atoms. The van der Waals surface area contributed by atoms with E-state index in [4.69, 9.17) is 9.57 Å². The van der Waals surface area contributed by atoms with Gasteiger partial charge in [0.15, 0.2) is 5.71 Å². The van der Waals surface area contributed by atoms with Crippen LogP contribution in [0.4, 0.5) is 0 Å². The number of hydrogen-bond acceptors (Lipinski definition) is 4. The number of aryl methyl sites for hydroxylation is 2. The first-order valence-electron chi connectivity index (χ1n) is 8.24. The van der Waals surface area contributed by atoms with E-state index in [9.17, 15) is 4.79 Å². The molecule has 0 heterocycles. The zero-order valence-corrected chi connectivity index (χ0v) is 15.1. The summed E-state index contributed by atoms with van der Waals surface area (Å²) >= 11 is 0. The van der Waals surface area contributed by atoms with Gasteiger partial charge in [-0.15, -0.1) is 0 Å². The Bertz CT molecular complexity index is 769. The normalized spacial score (nSPS) is 11.1. The summed E-state index contributed by atoms with van der Waals surface area (Å²) in [4.78, 5) is 17.2. The van der Waals surface area contributed by atoms with Gasteiger partial charge in [-0.3, -0.25) is 4.79 Å². The molecule has 25 heavy (non-hydrogen) atoms. The Morgan fingerprint density at radius 1 is 1.16 bits per heavy atom. The van der Waals surface area contributed by atoms with Crippen LogP contribution in [-0.2, 0) is 16.2 Å². The standard InChI is InChI=1S/C20H24N2O3/c1-5-21-20(23)19(22-24-4)17-9-7-6-8-16(17)13-25-18-11-10-14(2)12-15(18)3/h6-12H,5,13H2,1-4H3,(H,21,23)/b22-19-. The minimum Gasteiger partial charge on any atom is -0.489 e. The second-order valence-electron chi connectivity index (χ2n) is 5.70. The maximum atomic E-state index is 12.3. The monoisotopic (exact) mass is 340 g/mol. The fourth-order valence-electron chi connectivity index (χ4n) is 2.54. The average molecular weight is 340 g/mol. The first-order valence-corrected chi connectivity index (χ1v) is 8.24. The number of hydrogen-bond donors (Lipinski definition) is 1. The Morgan fingerprint density at radius 3 is 2.60 bits per heavy atom. The zero-order valence-electron chi connectivity index (χ0n) is 15.1. The van der Waals surface area contributed by atoms with Crippen LogP contribution < -0.4 is 10.1 Å². The van der Waals surface area contributed by atoms with Gasteiger partial charge in [-0.25, -0.2) is 0 Å². The highest BCUT2D eigenvalue weighted by Crippen LogP contribution is 2.21. The smallest absolute Gasteiger partial charge is 0.273 e. The molecule has 0 bridgehead atoms. The Kier molecular flexibility index (Phi) is 6.57. The van der Waals surface area contributed by atoms with Gasteiger partial charge in [-0.2, -0.15) is 0 Å². The van der Waals surface area contributed by atoms with Crippen molar-refractivity contribution in [2.45, 2.75) is 27.4 Å². The van der Waals surface area contributed by atoms with Crippen LogP contribution in [-0.4, -0.2) is 25.3 Å². The molecule has 2 aromatic carbocycles. The molecule has 2 aromatic rings. The molecule has 0 saturated heterocycles. The van der Waals surface area contributed by atoms with Gasteiger partial charge in [0.25, 0.3) is 5.91 Å². The minimum atomic E-state index is -0.275. The molecule has 0 radical (unpaired) electrons. The molecule has 0 aliphatic rings. The fourth-order valence-corrected chi connectivity index (χ4v) is 2.54. The van der Waals surface area contributed by atoms with Crippen molar-refractivity contribution in [2.24, 2.45) is 5.16 Å². The van der Waals surface area contributed by atoms with Crippen LogP contribution in [0.2, 0.25) is 0 Å². The maximum Gasteiger partial charge on any atom is 0.273 e. The molecule has 5 heteroatoms. The van der Waals surface area contributed by atoms with Crippen molar-refractivity contribution in [1.82, 2.24) is 5.32 Å². The second-order valence-corrected chi connectivity index (χ2v) is 5.70. The predicted molar refractivity (Wildman–Crippen MR) is 98.9 cm³/mol. The van der Waals surface area contributed by atoms with Gasteiger partial charge in [0.2, 0.25) is 0 Å². The molecule has 0 aromatic heterocycles. The number of likely N-dealkylation sites (N-methyl/N-ethyl adjacent to an activating group) is 1. The SMILES string of the molecule is CCNC(=O)/C(=N\OC)c1ccccc1COc1ccc(C)cc1C. The molecule has 1 amide bonds. The van der Waals surface area contributed by atoms with Gasteiger partial charge in [0.1, 0.15) is 19.5 Å². The lowest BCUT2D eigenvalue weighted by atomic mass is 10.0. The summed E-state index contributed by atoms with van der Waals surface area (Å²) in [5.41, 5.74) is 4.07. The van der Waals surface area contributed by atoms with Crippen molar-refractivity contribution in [1.29, 1.82) is 0 Å². The minimum absolute atomic E-state index is 0.240. The number of oxime groups is 1. The Balaban J connectivity index is 2.27. The molecule has 132 valence electrons. The number of ether oxygens (including phenoxy) is 1. The molecular formula is C20H24N2O3. The van der Waals surface area contributed by atoms with E-state index >= 15 is 0 Å². The molecular weight excluding hydrogens is 316 g/mol. The number of carbonyl (C=O) groups excluding carboxylic acids is 1. The van der Waals surface area contributed by atoms with Crippen molar-refractivity contribution in [3.63, 3.8) is 0 Å². The summed E-state index contributed by atoms with van der Waals surface area (Å²) in [6, 6.07) is 13.6. The highest BCUT2D eigenvalue weighted by molar-refractivity contribution is 6.45. The van der Waals surface area contributed by atoms with E-state index in [1.54, 1.807) is 0 Å². The third kappa shape index (κ3) is 4.83. The van der Waals surface area contributed by atoms with Crippen molar-refractivity contribution in [3.05, 3.63) is 64.7 Å².